The van der Waals surface area contributed by atoms with Crippen molar-refractivity contribution in [3.8, 4) is 0 Å². The van der Waals surface area contributed by atoms with Crippen LogP contribution in [0.15, 0.2) is 24.3 Å². The van der Waals surface area contributed by atoms with Crippen LogP contribution >= 0.6 is 0 Å². The summed E-state index contributed by atoms with van der Waals surface area (Å²) in [6.45, 7) is 0.120. The van der Waals surface area contributed by atoms with E-state index in [2.05, 4.69) is 5.32 Å². The highest BCUT2D eigenvalue weighted by molar-refractivity contribution is 6.10. The van der Waals surface area contributed by atoms with E-state index >= 15 is 0 Å². The van der Waals surface area contributed by atoms with Gasteiger partial charge < -0.3 is 10.1 Å². The zero-order valence-electron chi connectivity index (χ0n) is 10.0. The molecule has 1 N–H and O–H groups in total. The van der Waals surface area contributed by atoms with Crippen LogP contribution in [-0.4, -0.2) is 30.9 Å². The van der Waals surface area contributed by atoms with E-state index in [4.69, 9.17) is 4.74 Å². The minimum Gasteiger partial charge on any atom is -0.382 e. The predicted molar refractivity (Wildman–Crippen MR) is 62.5 cm³/mol. The summed E-state index contributed by atoms with van der Waals surface area (Å²) in [4.78, 5) is 23.3. The Morgan fingerprint density at radius 2 is 2.00 bits per heavy atom. The standard InChI is InChI=1S/C13H14FNO3/c1-18-8-13(11(16)6-12(17)15-13)7-9-2-4-10(14)5-3-9/h2-5H,6-8H2,1H3,(H,15,17)/t13-/m0/s1. The number of Topliss-reactive ketones (excluding diaryl/α,β-unsaturated/α-hetero) is 1. The van der Waals surface area contributed by atoms with Crippen LogP contribution in [0.25, 0.3) is 0 Å². The number of ether oxygens (including phenoxy) is 1. The summed E-state index contributed by atoms with van der Waals surface area (Å²) < 4.78 is 17.9. The maximum Gasteiger partial charge on any atom is 0.228 e. The normalized spacial score (nSPS) is 23.2. The van der Waals surface area contributed by atoms with Crippen LogP contribution in [0.2, 0.25) is 0 Å². The number of carbonyl (C=O) groups is 2. The van der Waals surface area contributed by atoms with Gasteiger partial charge in [-0.1, -0.05) is 12.1 Å². The molecule has 0 aromatic heterocycles. The first kappa shape index (κ1) is 12.7. The highest BCUT2D eigenvalue weighted by Gasteiger charge is 2.45. The van der Waals surface area contributed by atoms with Crippen LogP contribution in [0.3, 0.4) is 0 Å². The van der Waals surface area contributed by atoms with Crippen LogP contribution in [0.5, 0.6) is 0 Å². The Hall–Kier alpha value is -1.75. The van der Waals surface area contributed by atoms with Crippen molar-refractivity contribution < 1.29 is 18.7 Å². The largest absolute Gasteiger partial charge is 0.382 e. The van der Waals surface area contributed by atoms with Crippen LogP contribution < -0.4 is 5.32 Å². The molecule has 1 amide bonds. The lowest BCUT2D eigenvalue weighted by Crippen LogP contribution is -2.52. The van der Waals surface area contributed by atoms with Gasteiger partial charge >= 0.3 is 0 Å². The maximum atomic E-state index is 12.8. The molecule has 1 saturated heterocycles. The zero-order chi connectivity index (χ0) is 13.2. The summed E-state index contributed by atoms with van der Waals surface area (Å²) in [5.41, 5.74) is -0.229. The Kier molecular flexibility index (Phi) is 3.43. The van der Waals surface area contributed by atoms with Crippen LogP contribution in [0.4, 0.5) is 4.39 Å². The summed E-state index contributed by atoms with van der Waals surface area (Å²) in [5.74, 6) is -0.806. The first-order valence-electron chi connectivity index (χ1n) is 5.63. The third kappa shape index (κ3) is 2.41. The molecule has 0 unspecified atom stereocenters. The molecule has 1 aromatic rings. The molecule has 5 heteroatoms. The average Bonchev–Trinajstić information content (AvgIpc) is 2.58. The van der Waals surface area contributed by atoms with Crippen molar-refractivity contribution in [2.45, 2.75) is 18.4 Å². The smallest absolute Gasteiger partial charge is 0.228 e. The topological polar surface area (TPSA) is 55.4 Å². The third-order valence-corrected chi connectivity index (χ3v) is 3.04. The van der Waals surface area contributed by atoms with E-state index in [1.54, 1.807) is 12.1 Å². The summed E-state index contributed by atoms with van der Waals surface area (Å²) in [7, 11) is 1.48. The van der Waals surface area contributed by atoms with Gasteiger partial charge in [0.2, 0.25) is 5.91 Å². The van der Waals surface area contributed by atoms with Crippen LogP contribution in [0.1, 0.15) is 12.0 Å². The lowest BCUT2D eigenvalue weighted by Gasteiger charge is -2.26. The van der Waals surface area contributed by atoms with E-state index in [0.717, 1.165) is 5.56 Å². The molecule has 1 aliphatic heterocycles. The Morgan fingerprint density at radius 1 is 1.33 bits per heavy atom. The number of methoxy groups -OCH3 is 1. The van der Waals surface area contributed by atoms with Crippen molar-refractivity contribution >= 4 is 11.7 Å². The Morgan fingerprint density at radius 3 is 2.50 bits per heavy atom. The average molecular weight is 251 g/mol. The molecule has 1 aliphatic rings. The fourth-order valence-electron chi connectivity index (χ4n) is 2.20. The van der Waals surface area contributed by atoms with Gasteiger partial charge in [0.25, 0.3) is 0 Å². The quantitative estimate of drug-likeness (QED) is 0.807. The van der Waals surface area contributed by atoms with Gasteiger partial charge in [-0.05, 0) is 17.7 Å². The molecule has 0 spiro atoms. The molecule has 0 bridgehead atoms. The summed E-state index contributed by atoms with van der Waals surface area (Å²) in [6, 6.07) is 5.86. The molecule has 96 valence electrons. The Bertz CT molecular complexity index is 472. The second-order valence-corrected chi connectivity index (χ2v) is 4.47. The number of rotatable bonds is 4. The first-order chi connectivity index (χ1) is 8.55. The van der Waals surface area contributed by atoms with Crippen LogP contribution in [0, 0.1) is 5.82 Å². The molecular formula is C13H14FNO3. The summed E-state index contributed by atoms with van der Waals surface area (Å²) in [6.07, 6.45) is 0.191. The van der Waals surface area contributed by atoms with E-state index in [-0.39, 0.29) is 30.5 Å². The zero-order valence-corrected chi connectivity index (χ0v) is 10.0. The minimum absolute atomic E-state index is 0.120. The van der Waals surface area contributed by atoms with Gasteiger partial charge in [0, 0.05) is 13.5 Å². The molecule has 0 aliphatic carbocycles. The van der Waals surface area contributed by atoms with Crippen molar-refractivity contribution in [1.29, 1.82) is 0 Å². The predicted octanol–water partition coefficient (Wildman–Crippen LogP) is 0.842. The SMILES string of the molecule is COC[C@]1(Cc2ccc(F)cc2)NC(=O)CC1=O. The van der Waals surface area contributed by atoms with Gasteiger partial charge in [0.1, 0.15) is 11.4 Å². The van der Waals surface area contributed by atoms with Crippen molar-refractivity contribution in [3.63, 3.8) is 0 Å². The number of amides is 1. The van der Waals surface area contributed by atoms with E-state index in [1.807, 2.05) is 0 Å². The number of nitrogens with one attached hydrogen (secondary N) is 1. The number of carbonyl (C=O) groups excluding carboxylic acids is 2. The Labute approximate surface area is 104 Å². The highest BCUT2D eigenvalue weighted by atomic mass is 19.1. The number of hydrogen-bond donors (Lipinski definition) is 1. The van der Waals surface area contributed by atoms with Gasteiger partial charge in [0.05, 0.1) is 13.0 Å². The third-order valence-electron chi connectivity index (χ3n) is 3.04. The van der Waals surface area contributed by atoms with Crippen molar-refractivity contribution in [2.75, 3.05) is 13.7 Å². The second kappa shape index (κ2) is 4.86. The van der Waals surface area contributed by atoms with Gasteiger partial charge in [-0.15, -0.1) is 0 Å². The van der Waals surface area contributed by atoms with Gasteiger partial charge in [0.15, 0.2) is 5.78 Å². The van der Waals surface area contributed by atoms with Gasteiger partial charge in [-0.3, -0.25) is 9.59 Å². The van der Waals surface area contributed by atoms with Gasteiger partial charge in [-0.2, -0.15) is 0 Å². The molecule has 0 radical (unpaired) electrons. The molecule has 1 fully saturated rings. The number of ketones is 1. The summed E-state index contributed by atoms with van der Waals surface area (Å²) in [5, 5.41) is 2.67. The van der Waals surface area contributed by atoms with Crippen molar-refractivity contribution in [1.82, 2.24) is 5.32 Å². The van der Waals surface area contributed by atoms with E-state index in [9.17, 15) is 14.0 Å². The number of halogens is 1. The minimum atomic E-state index is -1.01. The van der Waals surface area contributed by atoms with Gasteiger partial charge in [-0.25, -0.2) is 4.39 Å². The maximum absolute atomic E-state index is 12.8. The fraction of sp³-hybridized carbons (Fsp3) is 0.385. The lowest BCUT2D eigenvalue weighted by molar-refractivity contribution is -0.124. The first-order valence-corrected chi connectivity index (χ1v) is 5.63. The number of hydrogen-bond acceptors (Lipinski definition) is 3. The Balaban J connectivity index is 2.23. The lowest BCUT2D eigenvalue weighted by atomic mass is 9.89. The highest BCUT2D eigenvalue weighted by Crippen LogP contribution is 2.22. The molecule has 0 saturated carbocycles. The molecule has 1 atom stereocenters. The number of benzene rings is 1. The molecule has 2 rings (SSSR count). The van der Waals surface area contributed by atoms with Crippen molar-refractivity contribution in [3.05, 3.63) is 35.6 Å². The van der Waals surface area contributed by atoms with Crippen molar-refractivity contribution in [2.24, 2.45) is 0 Å². The molecule has 18 heavy (non-hydrogen) atoms. The molecule has 1 heterocycles. The molecule has 1 aromatic carbocycles. The second-order valence-electron chi connectivity index (χ2n) is 4.47. The fourth-order valence-corrected chi connectivity index (χ4v) is 2.20. The van der Waals surface area contributed by atoms with E-state index < -0.39 is 5.54 Å². The summed E-state index contributed by atoms with van der Waals surface area (Å²) >= 11 is 0. The van der Waals surface area contributed by atoms with Crippen LogP contribution in [-0.2, 0) is 20.7 Å². The van der Waals surface area contributed by atoms with E-state index in [0.29, 0.717) is 6.42 Å². The monoisotopic (exact) mass is 251 g/mol. The molecular weight excluding hydrogens is 237 g/mol. The van der Waals surface area contributed by atoms with E-state index in [1.165, 1.54) is 19.2 Å². The molecule has 4 nitrogen and oxygen atoms in total.